The second-order valence-corrected chi connectivity index (χ2v) is 4.08. The first-order valence-corrected chi connectivity index (χ1v) is 5.90. The minimum absolute atomic E-state index is 0.0336. The molecule has 1 aromatic heterocycles. The molecule has 0 aliphatic carbocycles. The maximum absolute atomic E-state index is 12.0. The molecular weight excluding hydrogens is 246 g/mol. The number of aromatic nitrogens is 1. The summed E-state index contributed by atoms with van der Waals surface area (Å²) in [6.07, 6.45) is 0.412. The Balaban J connectivity index is 2.77. The van der Waals surface area contributed by atoms with Gasteiger partial charge in [0.05, 0.1) is 23.9 Å². The Morgan fingerprint density at radius 2 is 2.37 bits per heavy atom. The van der Waals surface area contributed by atoms with E-state index in [0.717, 1.165) is 0 Å². The van der Waals surface area contributed by atoms with E-state index in [9.17, 15) is 4.79 Å². The average Bonchev–Trinajstić information content (AvgIpc) is 2.39. The minimum atomic E-state index is -0.344. The van der Waals surface area contributed by atoms with Crippen LogP contribution < -0.4 is 5.32 Å². The number of aliphatic hydroxyl groups is 1. The molecular formula is C13H17N3O3. The van der Waals surface area contributed by atoms with E-state index in [4.69, 9.17) is 15.1 Å². The summed E-state index contributed by atoms with van der Waals surface area (Å²) in [5.74, 6) is -0.344. The molecule has 0 bridgehead atoms. The van der Waals surface area contributed by atoms with Crippen molar-refractivity contribution in [3.63, 3.8) is 0 Å². The number of methoxy groups -OCH3 is 1. The number of carbonyl (C=O) groups excluding carboxylic acids is 1. The van der Waals surface area contributed by atoms with Crippen molar-refractivity contribution in [1.82, 2.24) is 10.3 Å². The van der Waals surface area contributed by atoms with Gasteiger partial charge in [-0.15, -0.1) is 0 Å². The normalized spacial score (nSPS) is 11.7. The van der Waals surface area contributed by atoms with Crippen molar-refractivity contribution in [2.75, 3.05) is 20.3 Å². The fourth-order valence-corrected chi connectivity index (χ4v) is 1.62. The van der Waals surface area contributed by atoms with Crippen molar-refractivity contribution in [3.8, 4) is 6.07 Å². The van der Waals surface area contributed by atoms with Gasteiger partial charge < -0.3 is 15.2 Å². The van der Waals surface area contributed by atoms with Crippen LogP contribution in [0.3, 0.4) is 0 Å². The average molecular weight is 263 g/mol. The first-order chi connectivity index (χ1) is 9.12. The van der Waals surface area contributed by atoms with Crippen molar-refractivity contribution in [2.45, 2.75) is 19.4 Å². The van der Waals surface area contributed by atoms with E-state index < -0.39 is 0 Å². The molecule has 1 atom stereocenters. The van der Waals surface area contributed by atoms with Gasteiger partial charge in [-0.05, 0) is 25.5 Å². The summed E-state index contributed by atoms with van der Waals surface area (Å²) in [6, 6.07) is 4.80. The molecule has 0 fully saturated rings. The van der Waals surface area contributed by atoms with Crippen LogP contribution in [0.4, 0.5) is 0 Å². The lowest BCUT2D eigenvalue weighted by molar-refractivity contribution is 0.0873. The quantitative estimate of drug-likeness (QED) is 0.774. The zero-order valence-corrected chi connectivity index (χ0v) is 11.0. The van der Waals surface area contributed by atoms with Crippen LogP contribution in [-0.2, 0) is 4.74 Å². The van der Waals surface area contributed by atoms with Crippen LogP contribution in [0.1, 0.15) is 28.2 Å². The number of hydrogen-bond donors (Lipinski definition) is 2. The molecule has 6 heteroatoms. The number of ether oxygens (including phenoxy) is 1. The number of nitriles is 1. The van der Waals surface area contributed by atoms with E-state index in [1.807, 2.05) is 6.07 Å². The number of carbonyl (C=O) groups is 1. The lowest BCUT2D eigenvalue weighted by Crippen LogP contribution is -2.39. The van der Waals surface area contributed by atoms with Gasteiger partial charge in [-0.3, -0.25) is 4.79 Å². The Morgan fingerprint density at radius 3 is 2.89 bits per heavy atom. The maximum atomic E-state index is 12.0. The topological polar surface area (TPSA) is 95.2 Å². The van der Waals surface area contributed by atoms with E-state index in [2.05, 4.69) is 10.3 Å². The van der Waals surface area contributed by atoms with Crippen LogP contribution in [0.15, 0.2) is 12.1 Å². The van der Waals surface area contributed by atoms with Crippen molar-refractivity contribution in [3.05, 3.63) is 29.1 Å². The molecule has 1 aromatic rings. The van der Waals surface area contributed by atoms with Crippen LogP contribution in [-0.4, -0.2) is 42.4 Å². The molecule has 0 aliphatic rings. The predicted molar refractivity (Wildman–Crippen MR) is 68.5 cm³/mol. The number of amides is 1. The van der Waals surface area contributed by atoms with Gasteiger partial charge in [0, 0.05) is 13.7 Å². The Kier molecular flexibility index (Phi) is 5.93. The summed E-state index contributed by atoms with van der Waals surface area (Å²) in [6.45, 7) is 1.96. The van der Waals surface area contributed by atoms with E-state index in [0.29, 0.717) is 24.3 Å². The molecule has 19 heavy (non-hydrogen) atoms. The number of aliphatic hydroxyl groups excluding tert-OH is 1. The zero-order valence-electron chi connectivity index (χ0n) is 11.0. The third-order valence-corrected chi connectivity index (χ3v) is 2.62. The molecule has 2 N–H and O–H groups in total. The summed E-state index contributed by atoms with van der Waals surface area (Å²) in [5, 5.41) is 20.4. The summed E-state index contributed by atoms with van der Waals surface area (Å²) < 4.78 is 4.96. The predicted octanol–water partition coefficient (Wildman–Crippen LogP) is 0.389. The summed E-state index contributed by atoms with van der Waals surface area (Å²) in [4.78, 5) is 16.0. The third kappa shape index (κ3) is 4.32. The molecule has 0 radical (unpaired) electrons. The van der Waals surface area contributed by atoms with E-state index in [1.165, 1.54) is 13.2 Å². The second-order valence-electron chi connectivity index (χ2n) is 4.08. The standard InChI is InChI=1S/C13H17N3O3/c1-9-10(7-14)3-4-12(15-9)13(18)16-11(5-6-17)8-19-2/h3-4,11,17H,5-6,8H2,1-2H3,(H,16,18). The van der Waals surface area contributed by atoms with E-state index in [-0.39, 0.29) is 24.2 Å². The molecule has 0 aromatic carbocycles. The molecule has 0 saturated heterocycles. The fourth-order valence-electron chi connectivity index (χ4n) is 1.62. The Hall–Kier alpha value is -1.97. The van der Waals surface area contributed by atoms with Gasteiger partial charge in [0.1, 0.15) is 11.8 Å². The molecule has 0 spiro atoms. The smallest absolute Gasteiger partial charge is 0.270 e. The molecule has 6 nitrogen and oxygen atoms in total. The van der Waals surface area contributed by atoms with E-state index >= 15 is 0 Å². The van der Waals surface area contributed by atoms with Gasteiger partial charge in [0.2, 0.25) is 0 Å². The van der Waals surface area contributed by atoms with E-state index in [1.54, 1.807) is 13.0 Å². The van der Waals surface area contributed by atoms with Gasteiger partial charge in [0.25, 0.3) is 5.91 Å². The van der Waals surface area contributed by atoms with Crippen molar-refractivity contribution < 1.29 is 14.6 Å². The molecule has 0 saturated carbocycles. The molecule has 1 rings (SSSR count). The zero-order chi connectivity index (χ0) is 14.3. The highest BCUT2D eigenvalue weighted by molar-refractivity contribution is 5.92. The summed E-state index contributed by atoms with van der Waals surface area (Å²) >= 11 is 0. The Labute approximate surface area is 112 Å². The maximum Gasteiger partial charge on any atom is 0.270 e. The number of rotatable bonds is 6. The van der Waals surface area contributed by atoms with Crippen LogP contribution in [0.25, 0.3) is 0 Å². The fraction of sp³-hybridized carbons (Fsp3) is 0.462. The Morgan fingerprint density at radius 1 is 1.63 bits per heavy atom. The number of nitrogens with one attached hydrogen (secondary N) is 1. The van der Waals surface area contributed by atoms with Gasteiger partial charge in [0.15, 0.2) is 0 Å². The van der Waals surface area contributed by atoms with Gasteiger partial charge in [-0.1, -0.05) is 0 Å². The highest BCUT2D eigenvalue weighted by atomic mass is 16.5. The SMILES string of the molecule is COCC(CCO)NC(=O)c1ccc(C#N)c(C)n1. The third-order valence-electron chi connectivity index (χ3n) is 2.62. The monoisotopic (exact) mass is 263 g/mol. The van der Waals surface area contributed by atoms with Crippen molar-refractivity contribution >= 4 is 5.91 Å². The number of hydrogen-bond acceptors (Lipinski definition) is 5. The van der Waals surface area contributed by atoms with Crippen molar-refractivity contribution in [2.24, 2.45) is 0 Å². The second kappa shape index (κ2) is 7.46. The van der Waals surface area contributed by atoms with Crippen LogP contribution in [0, 0.1) is 18.3 Å². The highest BCUT2D eigenvalue weighted by Gasteiger charge is 2.15. The first-order valence-electron chi connectivity index (χ1n) is 5.90. The van der Waals surface area contributed by atoms with Crippen LogP contribution >= 0.6 is 0 Å². The first kappa shape index (κ1) is 15.1. The highest BCUT2D eigenvalue weighted by Crippen LogP contribution is 2.06. The summed E-state index contributed by atoms with van der Waals surface area (Å²) in [7, 11) is 1.53. The van der Waals surface area contributed by atoms with Crippen molar-refractivity contribution in [1.29, 1.82) is 5.26 Å². The molecule has 1 unspecified atom stereocenters. The molecule has 1 amide bonds. The largest absolute Gasteiger partial charge is 0.396 e. The van der Waals surface area contributed by atoms with Crippen LogP contribution in [0.2, 0.25) is 0 Å². The summed E-state index contributed by atoms with van der Waals surface area (Å²) in [5.41, 5.74) is 1.21. The Bertz CT molecular complexity index is 477. The van der Waals surface area contributed by atoms with Gasteiger partial charge in [-0.2, -0.15) is 5.26 Å². The van der Waals surface area contributed by atoms with Crippen LogP contribution in [0.5, 0.6) is 0 Å². The number of aryl methyl sites for hydroxylation is 1. The van der Waals surface area contributed by atoms with Gasteiger partial charge >= 0.3 is 0 Å². The molecule has 1 heterocycles. The lowest BCUT2D eigenvalue weighted by atomic mass is 10.2. The minimum Gasteiger partial charge on any atom is -0.396 e. The van der Waals surface area contributed by atoms with Gasteiger partial charge in [-0.25, -0.2) is 4.98 Å². The molecule has 0 aliphatic heterocycles. The molecule has 102 valence electrons. The number of pyridine rings is 1. The number of nitrogens with zero attached hydrogens (tertiary/aromatic N) is 2. The lowest BCUT2D eigenvalue weighted by Gasteiger charge is -2.16.